The van der Waals surface area contributed by atoms with Gasteiger partial charge < -0.3 is 4.74 Å². The molecule has 3 aromatic rings. The highest BCUT2D eigenvalue weighted by molar-refractivity contribution is 6.39. The van der Waals surface area contributed by atoms with Gasteiger partial charge in [-0.15, -0.1) is 0 Å². The minimum Gasteiger partial charge on any atom is -0.457 e. The maximum atomic E-state index is 13.1. The molecule has 0 atom stereocenters. The summed E-state index contributed by atoms with van der Waals surface area (Å²) in [5.74, 6) is -0.494. The summed E-state index contributed by atoms with van der Waals surface area (Å²) in [6.45, 7) is 0. The van der Waals surface area contributed by atoms with E-state index in [1.807, 2.05) is 0 Å². The summed E-state index contributed by atoms with van der Waals surface area (Å²) < 4.78 is 57.6. The Bertz CT molecular complexity index is 911. The zero-order valence-corrected chi connectivity index (χ0v) is 13.2. The van der Waals surface area contributed by atoms with Crippen molar-refractivity contribution in [2.24, 2.45) is 0 Å². The summed E-state index contributed by atoms with van der Waals surface area (Å²) >= 11 is 11.9. The van der Waals surface area contributed by atoms with Crippen molar-refractivity contribution in [1.82, 2.24) is 4.98 Å². The van der Waals surface area contributed by atoms with Gasteiger partial charge in [-0.2, -0.15) is 13.2 Å². The van der Waals surface area contributed by atoms with Crippen LogP contribution in [0.3, 0.4) is 0 Å². The van der Waals surface area contributed by atoms with Crippen LogP contribution in [0.5, 0.6) is 11.5 Å². The standard InChI is InChI=1S/C16H7Cl2F4NO/c17-8-5-11(18)15-12(6-8)23-14(16(20,21)22)7-13(15)24-10-3-1-9(19)2-4-10/h1-7H. The van der Waals surface area contributed by atoms with E-state index in [-0.39, 0.29) is 32.4 Å². The number of ether oxygens (including phenoxy) is 1. The highest BCUT2D eigenvalue weighted by Crippen LogP contribution is 2.40. The van der Waals surface area contributed by atoms with Gasteiger partial charge in [-0.05, 0) is 36.4 Å². The third kappa shape index (κ3) is 3.39. The molecule has 3 rings (SSSR count). The van der Waals surface area contributed by atoms with Crippen LogP contribution in [0.25, 0.3) is 10.9 Å². The average molecular weight is 376 g/mol. The van der Waals surface area contributed by atoms with Gasteiger partial charge in [0.15, 0.2) is 0 Å². The van der Waals surface area contributed by atoms with Crippen molar-refractivity contribution in [3.63, 3.8) is 0 Å². The van der Waals surface area contributed by atoms with E-state index in [2.05, 4.69) is 4.98 Å². The molecule has 2 nitrogen and oxygen atoms in total. The van der Waals surface area contributed by atoms with Gasteiger partial charge in [0, 0.05) is 11.1 Å². The smallest absolute Gasteiger partial charge is 0.433 e. The van der Waals surface area contributed by atoms with Gasteiger partial charge in [0.05, 0.1) is 15.9 Å². The van der Waals surface area contributed by atoms with Crippen LogP contribution in [0.15, 0.2) is 42.5 Å². The fourth-order valence-corrected chi connectivity index (χ4v) is 2.68. The molecule has 0 aliphatic carbocycles. The molecule has 2 aromatic carbocycles. The summed E-state index contributed by atoms with van der Waals surface area (Å²) in [7, 11) is 0. The van der Waals surface area contributed by atoms with E-state index in [0.29, 0.717) is 0 Å². The molecule has 0 aliphatic heterocycles. The maximum Gasteiger partial charge on any atom is 0.433 e. The first-order chi connectivity index (χ1) is 11.2. The van der Waals surface area contributed by atoms with Gasteiger partial charge in [-0.25, -0.2) is 9.37 Å². The number of alkyl halides is 3. The Morgan fingerprint density at radius 1 is 0.958 bits per heavy atom. The summed E-state index contributed by atoms with van der Waals surface area (Å²) in [4.78, 5) is 3.55. The Morgan fingerprint density at radius 3 is 2.25 bits per heavy atom. The molecule has 24 heavy (non-hydrogen) atoms. The molecule has 0 N–H and O–H groups in total. The number of aromatic nitrogens is 1. The molecule has 0 saturated carbocycles. The van der Waals surface area contributed by atoms with Crippen LogP contribution in [0.4, 0.5) is 17.6 Å². The number of fused-ring (bicyclic) bond motifs is 1. The van der Waals surface area contributed by atoms with Gasteiger partial charge in [0.2, 0.25) is 0 Å². The van der Waals surface area contributed by atoms with Crippen molar-refractivity contribution in [2.45, 2.75) is 6.18 Å². The minimum atomic E-state index is -4.68. The van der Waals surface area contributed by atoms with Crippen molar-refractivity contribution in [1.29, 1.82) is 0 Å². The zero-order chi connectivity index (χ0) is 17.5. The topological polar surface area (TPSA) is 22.1 Å². The van der Waals surface area contributed by atoms with Crippen LogP contribution in [0.2, 0.25) is 10.0 Å². The normalized spacial score (nSPS) is 11.8. The number of rotatable bonds is 2. The Morgan fingerprint density at radius 2 is 1.62 bits per heavy atom. The molecule has 8 heteroatoms. The zero-order valence-electron chi connectivity index (χ0n) is 11.7. The predicted octanol–water partition coefficient (Wildman–Crippen LogP) is 6.49. The highest BCUT2D eigenvalue weighted by Gasteiger charge is 2.34. The largest absolute Gasteiger partial charge is 0.457 e. The van der Waals surface area contributed by atoms with Gasteiger partial charge in [0.1, 0.15) is 23.0 Å². The fourth-order valence-electron chi connectivity index (χ4n) is 2.11. The van der Waals surface area contributed by atoms with E-state index < -0.39 is 17.7 Å². The highest BCUT2D eigenvalue weighted by atomic mass is 35.5. The third-order valence-electron chi connectivity index (χ3n) is 3.12. The van der Waals surface area contributed by atoms with E-state index in [1.165, 1.54) is 24.3 Å². The molecule has 0 amide bonds. The van der Waals surface area contributed by atoms with E-state index in [4.69, 9.17) is 27.9 Å². The molecule has 124 valence electrons. The molecule has 0 unspecified atom stereocenters. The summed E-state index contributed by atoms with van der Waals surface area (Å²) in [6, 6.07) is 8.21. The molecular formula is C16H7Cl2F4NO. The lowest BCUT2D eigenvalue weighted by Gasteiger charge is -2.14. The summed E-state index contributed by atoms with van der Waals surface area (Å²) in [6.07, 6.45) is -4.68. The Labute approximate surface area is 143 Å². The first-order valence-corrected chi connectivity index (χ1v) is 7.30. The van der Waals surface area contributed by atoms with Crippen molar-refractivity contribution in [3.05, 3.63) is 64.0 Å². The lowest BCUT2D eigenvalue weighted by atomic mass is 10.1. The van der Waals surface area contributed by atoms with Crippen LogP contribution in [0, 0.1) is 5.82 Å². The van der Waals surface area contributed by atoms with Crippen LogP contribution in [-0.2, 0) is 6.18 Å². The average Bonchev–Trinajstić information content (AvgIpc) is 2.47. The van der Waals surface area contributed by atoms with Crippen LogP contribution >= 0.6 is 23.2 Å². The van der Waals surface area contributed by atoms with Gasteiger partial charge in [-0.1, -0.05) is 23.2 Å². The second-order valence-corrected chi connectivity index (χ2v) is 5.68. The van der Waals surface area contributed by atoms with E-state index in [9.17, 15) is 17.6 Å². The molecule has 1 aromatic heterocycles. The molecule has 0 radical (unpaired) electrons. The quantitative estimate of drug-likeness (QED) is 0.477. The summed E-state index contributed by atoms with van der Waals surface area (Å²) in [5, 5.41) is 0.418. The van der Waals surface area contributed by atoms with Crippen molar-refractivity contribution < 1.29 is 22.3 Å². The number of hydrogen-bond donors (Lipinski definition) is 0. The first kappa shape index (κ1) is 16.8. The van der Waals surface area contributed by atoms with Crippen LogP contribution in [0.1, 0.15) is 5.69 Å². The number of benzene rings is 2. The number of nitrogens with zero attached hydrogens (tertiary/aromatic N) is 1. The van der Waals surface area contributed by atoms with Gasteiger partial charge >= 0.3 is 6.18 Å². The fraction of sp³-hybridized carbons (Fsp3) is 0.0625. The SMILES string of the molecule is Fc1ccc(Oc2cc(C(F)(F)F)nc3cc(Cl)cc(Cl)c23)cc1. The van der Waals surface area contributed by atoms with Gasteiger partial charge in [0.25, 0.3) is 0 Å². The molecule has 0 saturated heterocycles. The Hall–Kier alpha value is -2.05. The first-order valence-electron chi connectivity index (χ1n) is 6.54. The van der Waals surface area contributed by atoms with Crippen molar-refractivity contribution in [3.8, 4) is 11.5 Å². The van der Waals surface area contributed by atoms with E-state index in [1.54, 1.807) is 0 Å². The third-order valence-corrected chi connectivity index (χ3v) is 3.64. The van der Waals surface area contributed by atoms with Crippen LogP contribution in [-0.4, -0.2) is 4.98 Å². The number of halogens is 6. The molecule has 1 heterocycles. The number of hydrogen-bond acceptors (Lipinski definition) is 2. The molecule has 0 fully saturated rings. The second kappa shape index (κ2) is 6.11. The van der Waals surface area contributed by atoms with Crippen molar-refractivity contribution in [2.75, 3.05) is 0 Å². The number of pyridine rings is 1. The molecule has 0 aliphatic rings. The monoisotopic (exact) mass is 375 g/mol. The lowest BCUT2D eigenvalue weighted by molar-refractivity contribution is -0.141. The summed E-state index contributed by atoms with van der Waals surface area (Å²) in [5.41, 5.74) is -1.20. The Balaban J connectivity index is 2.21. The van der Waals surface area contributed by atoms with Crippen LogP contribution < -0.4 is 4.74 Å². The predicted molar refractivity (Wildman–Crippen MR) is 83.2 cm³/mol. The molecule has 0 spiro atoms. The van der Waals surface area contributed by atoms with Gasteiger partial charge in [-0.3, -0.25) is 0 Å². The van der Waals surface area contributed by atoms with E-state index in [0.717, 1.165) is 18.2 Å². The minimum absolute atomic E-state index is 0.0561. The lowest BCUT2D eigenvalue weighted by Crippen LogP contribution is -2.08. The second-order valence-electron chi connectivity index (χ2n) is 4.84. The molecular weight excluding hydrogens is 369 g/mol. The van der Waals surface area contributed by atoms with E-state index >= 15 is 0 Å². The maximum absolute atomic E-state index is 13.1. The molecule has 0 bridgehead atoms. The van der Waals surface area contributed by atoms with Crippen molar-refractivity contribution >= 4 is 34.1 Å². The Kier molecular flexibility index (Phi) is 4.27.